The minimum Gasteiger partial charge on any atom is -0.391 e. The maximum absolute atomic E-state index is 12.9. The zero-order valence-corrected chi connectivity index (χ0v) is 36.2. The minimum absolute atomic E-state index is 0.0383. The van der Waals surface area contributed by atoms with Crippen LogP contribution in [-0.4, -0.2) is 84.6 Å². The Kier molecular flexibility index (Phi) is 34.8. The van der Waals surface area contributed by atoms with Gasteiger partial charge < -0.3 is 24.9 Å². The number of rotatable bonds is 38. The zero-order chi connectivity index (χ0) is 40.2. The van der Waals surface area contributed by atoms with Crippen molar-refractivity contribution in [2.45, 2.75) is 186 Å². The number of hydrogen-bond acceptors (Lipinski definition) is 6. The lowest BCUT2D eigenvalue weighted by Crippen LogP contribution is -2.46. The highest BCUT2D eigenvalue weighted by atomic mass is 31.2. The van der Waals surface area contributed by atoms with Gasteiger partial charge in [-0.25, -0.2) is 4.57 Å². The molecule has 0 bridgehead atoms. The van der Waals surface area contributed by atoms with Gasteiger partial charge in [0.25, 0.3) is 0 Å². The molecule has 316 valence electrons. The molecule has 10 heteroatoms. The molecule has 54 heavy (non-hydrogen) atoms. The number of carbonyl (C=O) groups is 1. The molecule has 0 aliphatic carbocycles. The number of aliphatic hydroxyl groups is 2. The molecule has 0 aromatic carbocycles. The van der Waals surface area contributed by atoms with E-state index in [9.17, 15) is 24.5 Å². The lowest BCUT2D eigenvalue weighted by Gasteiger charge is -2.26. The quantitative estimate of drug-likeness (QED) is 0.0161. The highest BCUT2D eigenvalue weighted by molar-refractivity contribution is 7.47. The van der Waals surface area contributed by atoms with E-state index >= 15 is 0 Å². The second-order valence-electron chi connectivity index (χ2n) is 15.9. The smallest absolute Gasteiger partial charge is 0.391 e. The van der Waals surface area contributed by atoms with Crippen molar-refractivity contribution in [2.24, 2.45) is 0 Å². The number of carbonyl (C=O) groups excluding carboxylic acids is 1. The standard InChI is InChI=1S/C44H83N2O7P/c1-6-8-10-12-14-16-18-20-22-24-26-28-30-32-36-43(48)42(40-53-54(50,51)52-39-38-46(3,4)5)45-44(49)37-33-35-41(47)34-31-29-27-25-23-21-19-17-15-13-11-9-7-2/h15,17,21,23,27,29,31,34,41-43,47-48H,6-14,16,18-20,22,24-26,28,30,32-33,35-40H2,1-5H3,(H-,45,49,50,51)/p+1/b17-15-,23-21-,29-27-,34-31+/t41-,42-,43+/m0/s1. The van der Waals surface area contributed by atoms with Crippen molar-refractivity contribution < 1.29 is 38.0 Å². The summed E-state index contributed by atoms with van der Waals surface area (Å²) in [6.07, 6.45) is 40.1. The second kappa shape index (κ2) is 35.8. The van der Waals surface area contributed by atoms with Crippen molar-refractivity contribution in [3.8, 4) is 0 Å². The molecule has 9 nitrogen and oxygen atoms in total. The first-order chi connectivity index (χ1) is 25.9. The summed E-state index contributed by atoms with van der Waals surface area (Å²) in [4.78, 5) is 23.1. The molecule has 0 rings (SSSR count). The molecule has 4 N–H and O–H groups in total. The first-order valence-electron chi connectivity index (χ1n) is 21.6. The summed E-state index contributed by atoms with van der Waals surface area (Å²) in [6.45, 7) is 4.68. The van der Waals surface area contributed by atoms with E-state index in [1.54, 1.807) is 6.08 Å². The van der Waals surface area contributed by atoms with Gasteiger partial charge in [-0.15, -0.1) is 0 Å². The van der Waals surface area contributed by atoms with E-state index in [2.05, 4.69) is 43.5 Å². The van der Waals surface area contributed by atoms with Crippen LogP contribution < -0.4 is 5.32 Å². The number of quaternary nitrogens is 1. The fraction of sp³-hybridized carbons (Fsp3) is 0.795. The van der Waals surface area contributed by atoms with Gasteiger partial charge in [-0.1, -0.05) is 165 Å². The summed E-state index contributed by atoms with van der Waals surface area (Å²) in [5.74, 6) is -0.305. The molecule has 0 saturated heterocycles. The molecule has 1 amide bonds. The lowest BCUT2D eigenvalue weighted by molar-refractivity contribution is -0.870. The Labute approximate surface area is 332 Å². The Bertz CT molecular complexity index is 1040. The molecule has 0 heterocycles. The Morgan fingerprint density at radius 2 is 1.22 bits per heavy atom. The third-order valence-corrected chi connectivity index (χ3v) is 10.4. The van der Waals surface area contributed by atoms with Crippen molar-refractivity contribution in [3.05, 3.63) is 48.6 Å². The summed E-state index contributed by atoms with van der Waals surface area (Å²) < 4.78 is 23.5. The van der Waals surface area contributed by atoms with Crippen LogP contribution in [0.5, 0.6) is 0 Å². The summed E-state index contributed by atoms with van der Waals surface area (Å²) in [7, 11) is 1.49. The van der Waals surface area contributed by atoms with Gasteiger partial charge in [0.15, 0.2) is 0 Å². The van der Waals surface area contributed by atoms with E-state index < -0.39 is 26.1 Å². The van der Waals surface area contributed by atoms with Gasteiger partial charge in [0.2, 0.25) is 5.91 Å². The van der Waals surface area contributed by atoms with Crippen LogP contribution >= 0.6 is 7.82 Å². The third-order valence-electron chi connectivity index (χ3n) is 9.43. The SMILES string of the molecule is CCCCC/C=C\C/C=C\C/C=C\C=C\[C@H](O)CCCC(=O)N[C@@H](COP(=O)(O)OCC[N+](C)(C)C)[C@H](O)CCCCCCCCCCCCCCCC. The van der Waals surface area contributed by atoms with Gasteiger partial charge in [0.05, 0.1) is 46.0 Å². The summed E-state index contributed by atoms with van der Waals surface area (Å²) in [5, 5.41) is 24.2. The van der Waals surface area contributed by atoms with E-state index in [1.165, 1.54) is 89.9 Å². The molecular formula is C44H84N2O7P+. The lowest BCUT2D eigenvalue weighted by atomic mass is 10.0. The fourth-order valence-electron chi connectivity index (χ4n) is 5.91. The number of phosphoric ester groups is 1. The van der Waals surface area contributed by atoms with Crippen LogP contribution in [0, 0.1) is 0 Å². The molecule has 1 unspecified atom stereocenters. The van der Waals surface area contributed by atoms with Gasteiger partial charge in [-0.2, -0.15) is 0 Å². The number of likely N-dealkylation sites (N-methyl/N-ethyl adjacent to an activating group) is 1. The summed E-state index contributed by atoms with van der Waals surface area (Å²) >= 11 is 0. The van der Waals surface area contributed by atoms with Gasteiger partial charge in [0, 0.05) is 6.42 Å². The number of unbranched alkanes of at least 4 members (excludes halogenated alkanes) is 16. The number of nitrogens with one attached hydrogen (secondary N) is 1. The maximum Gasteiger partial charge on any atom is 0.472 e. The number of hydrogen-bond donors (Lipinski definition) is 4. The average molecular weight is 784 g/mol. The summed E-state index contributed by atoms with van der Waals surface area (Å²) in [6, 6.07) is -0.854. The van der Waals surface area contributed by atoms with E-state index in [0.717, 1.165) is 38.5 Å². The minimum atomic E-state index is -4.37. The normalized spacial score (nSPS) is 15.5. The van der Waals surface area contributed by atoms with Gasteiger partial charge >= 0.3 is 7.82 Å². The summed E-state index contributed by atoms with van der Waals surface area (Å²) in [5.41, 5.74) is 0. The van der Waals surface area contributed by atoms with Crippen LogP contribution in [0.2, 0.25) is 0 Å². The fourth-order valence-corrected chi connectivity index (χ4v) is 6.65. The largest absolute Gasteiger partial charge is 0.472 e. The van der Waals surface area contributed by atoms with Crippen molar-refractivity contribution in [2.75, 3.05) is 40.9 Å². The monoisotopic (exact) mass is 784 g/mol. The van der Waals surface area contributed by atoms with E-state index in [1.807, 2.05) is 39.4 Å². The van der Waals surface area contributed by atoms with Crippen molar-refractivity contribution >= 4 is 13.7 Å². The predicted octanol–water partition coefficient (Wildman–Crippen LogP) is 10.7. The van der Waals surface area contributed by atoms with Crippen LogP contribution in [0.15, 0.2) is 48.6 Å². The number of phosphoric acid groups is 1. The van der Waals surface area contributed by atoms with Crippen LogP contribution in [-0.2, 0) is 18.4 Å². The molecule has 0 fully saturated rings. The highest BCUT2D eigenvalue weighted by Gasteiger charge is 2.28. The Hall–Kier alpha value is -1.58. The van der Waals surface area contributed by atoms with Crippen molar-refractivity contribution in [1.29, 1.82) is 0 Å². The predicted molar refractivity (Wildman–Crippen MR) is 227 cm³/mol. The molecule has 0 aliphatic rings. The Balaban J connectivity index is 4.62. The molecule has 0 saturated carbocycles. The number of nitrogens with zero attached hydrogens (tertiary/aromatic N) is 1. The van der Waals surface area contributed by atoms with Crippen LogP contribution in [0.25, 0.3) is 0 Å². The molecule has 0 radical (unpaired) electrons. The zero-order valence-electron chi connectivity index (χ0n) is 35.3. The highest BCUT2D eigenvalue weighted by Crippen LogP contribution is 2.43. The van der Waals surface area contributed by atoms with Crippen molar-refractivity contribution in [1.82, 2.24) is 5.32 Å². The molecule has 0 aliphatic heterocycles. The van der Waals surface area contributed by atoms with E-state index in [-0.39, 0.29) is 25.5 Å². The number of amides is 1. The number of allylic oxidation sites excluding steroid dienone is 7. The first-order valence-corrected chi connectivity index (χ1v) is 23.1. The Morgan fingerprint density at radius 3 is 1.81 bits per heavy atom. The van der Waals surface area contributed by atoms with Crippen molar-refractivity contribution in [3.63, 3.8) is 0 Å². The number of aliphatic hydroxyl groups excluding tert-OH is 2. The molecule has 0 aromatic rings. The molecule has 4 atom stereocenters. The van der Waals surface area contributed by atoms with Crippen LogP contribution in [0.1, 0.15) is 168 Å². The van der Waals surface area contributed by atoms with E-state index in [4.69, 9.17) is 9.05 Å². The topological polar surface area (TPSA) is 125 Å². The molecule has 0 aromatic heterocycles. The Morgan fingerprint density at radius 1 is 0.685 bits per heavy atom. The van der Waals surface area contributed by atoms with Gasteiger partial charge in [-0.05, 0) is 44.9 Å². The molecule has 0 spiro atoms. The third kappa shape index (κ3) is 37.3. The van der Waals surface area contributed by atoms with Gasteiger partial charge in [0.1, 0.15) is 13.2 Å². The maximum atomic E-state index is 12.9. The van der Waals surface area contributed by atoms with E-state index in [0.29, 0.717) is 30.3 Å². The van der Waals surface area contributed by atoms with Crippen LogP contribution in [0.4, 0.5) is 0 Å². The second-order valence-corrected chi connectivity index (χ2v) is 17.4. The molecular weight excluding hydrogens is 699 g/mol. The first kappa shape index (κ1) is 52.4. The van der Waals surface area contributed by atoms with Gasteiger partial charge in [-0.3, -0.25) is 13.8 Å². The average Bonchev–Trinajstić information content (AvgIpc) is 3.11. The van der Waals surface area contributed by atoms with Crippen LogP contribution in [0.3, 0.4) is 0 Å².